The fraction of sp³-hybridized carbons (Fsp3) is 0.417. The van der Waals surface area contributed by atoms with E-state index in [-0.39, 0.29) is 12.0 Å². The summed E-state index contributed by atoms with van der Waals surface area (Å²) >= 11 is 0. The highest BCUT2D eigenvalue weighted by Gasteiger charge is 2.12. The van der Waals surface area contributed by atoms with Crippen molar-refractivity contribution in [2.75, 3.05) is 6.61 Å². The summed E-state index contributed by atoms with van der Waals surface area (Å²) < 4.78 is 30.8. The molecule has 88 valence electrons. The second kappa shape index (κ2) is 6.20. The van der Waals surface area contributed by atoms with Gasteiger partial charge in [-0.2, -0.15) is 0 Å². The van der Waals surface area contributed by atoms with Gasteiger partial charge in [-0.25, -0.2) is 8.78 Å². The molecule has 0 aliphatic heterocycles. The van der Waals surface area contributed by atoms with E-state index < -0.39 is 17.6 Å². The van der Waals surface area contributed by atoms with E-state index in [4.69, 9.17) is 4.74 Å². The molecule has 16 heavy (non-hydrogen) atoms. The van der Waals surface area contributed by atoms with Gasteiger partial charge in [-0.1, -0.05) is 25.5 Å². The molecule has 0 fully saturated rings. The number of carbonyl (C=O) groups is 1. The SMILES string of the molecule is CCCCOC(=O)Cc1cccc(F)c1F. The first-order chi connectivity index (χ1) is 7.65. The number of carbonyl (C=O) groups excluding carboxylic acids is 1. The Morgan fingerprint density at radius 1 is 1.38 bits per heavy atom. The summed E-state index contributed by atoms with van der Waals surface area (Å²) in [4.78, 5) is 11.2. The molecule has 0 N–H and O–H groups in total. The van der Waals surface area contributed by atoms with Crippen molar-refractivity contribution in [2.45, 2.75) is 26.2 Å². The van der Waals surface area contributed by atoms with Gasteiger partial charge in [0.25, 0.3) is 0 Å². The molecule has 4 heteroatoms. The van der Waals surface area contributed by atoms with Crippen molar-refractivity contribution in [3.05, 3.63) is 35.4 Å². The number of halogens is 2. The van der Waals surface area contributed by atoms with E-state index in [0.717, 1.165) is 18.9 Å². The first kappa shape index (κ1) is 12.6. The smallest absolute Gasteiger partial charge is 0.310 e. The van der Waals surface area contributed by atoms with Crippen LogP contribution >= 0.6 is 0 Å². The van der Waals surface area contributed by atoms with E-state index in [1.807, 2.05) is 6.92 Å². The molecular formula is C12H14F2O2. The summed E-state index contributed by atoms with van der Waals surface area (Å²) in [6.07, 6.45) is 1.46. The summed E-state index contributed by atoms with van der Waals surface area (Å²) in [5.74, 6) is -2.45. The first-order valence-electron chi connectivity index (χ1n) is 5.23. The van der Waals surface area contributed by atoms with Gasteiger partial charge in [0, 0.05) is 5.56 Å². The van der Waals surface area contributed by atoms with Gasteiger partial charge in [0.05, 0.1) is 13.0 Å². The lowest BCUT2D eigenvalue weighted by atomic mass is 10.1. The van der Waals surface area contributed by atoms with Crippen molar-refractivity contribution >= 4 is 5.97 Å². The Morgan fingerprint density at radius 2 is 2.12 bits per heavy atom. The number of esters is 1. The topological polar surface area (TPSA) is 26.3 Å². The molecule has 0 atom stereocenters. The maximum Gasteiger partial charge on any atom is 0.310 e. The summed E-state index contributed by atoms with van der Waals surface area (Å²) in [5.41, 5.74) is 0.0292. The highest BCUT2D eigenvalue weighted by Crippen LogP contribution is 2.12. The van der Waals surface area contributed by atoms with Gasteiger partial charge in [-0.15, -0.1) is 0 Å². The molecule has 2 nitrogen and oxygen atoms in total. The Hall–Kier alpha value is -1.45. The third kappa shape index (κ3) is 3.61. The molecule has 0 aliphatic rings. The highest BCUT2D eigenvalue weighted by molar-refractivity contribution is 5.72. The minimum atomic E-state index is -0.977. The predicted octanol–water partition coefficient (Wildman–Crippen LogP) is 2.85. The van der Waals surface area contributed by atoms with Gasteiger partial charge < -0.3 is 4.74 Å². The summed E-state index contributed by atoms with van der Waals surface area (Å²) in [5, 5.41) is 0. The molecule has 0 spiro atoms. The minimum absolute atomic E-state index is 0.0292. The van der Waals surface area contributed by atoms with E-state index >= 15 is 0 Å². The van der Waals surface area contributed by atoms with Crippen molar-refractivity contribution in [1.29, 1.82) is 0 Å². The van der Waals surface area contributed by atoms with Gasteiger partial charge >= 0.3 is 5.97 Å². The van der Waals surface area contributed by atoms with Crippen LogP contribution in [-0.4, -0.2) is 12.6 Å². The maximum atomic E-state index is 13.2. The number of hydrogen-bond acceptors (Lipinski definition) is 2. The van der Waals surface area contributed by atoms with Crippen LogP contribution in [0.3, 0.4) is 0 Å². The molecule has 0 heterocycles. The van der Waals surface area contributed by atoms with E-state index in [9.17, 15) is 13.6 Å². The van der Waals surface area contributed by atoms with E-state index in [0.29, 0.717) is 6.61 Å². The maximum absolute atomic E-state index is 13.2. The summed E-state index contributed by atoms with van der Waals surface area (Å²) in [6.45, 7) is 2.30. The zero-order valence-corrected chi connectivity index (χ0v) is 9.13. The number of unbranched alkanes of at least 4 members (excludes halogenated alkanes) is 1. The van der Waals surface area contributed by atoms with Crippen molar-refractivity contribution in [2.24, 2.45) is 0 Å². The van der Waals surface area contributed by atoms with Gasteiger partial charge in [-0.3, -0.25) is 4.79 Å². The Labute approximate surface area is 93.2 Å². The van der Waals surface area contributed by atoms with Crippen LogP contribution in [0.5, 0.6) is 0 Å². The number of rotatable bonds is 5. The van der Waals surface area contributed by atoms with Crippen LogP contribution in [0.2, 0.25) is 0 Å². The molecule has 1 rings (SSSR count). The molecule has 1 aromatic carbocycles. The predicted molar refractivity (Wildman–Crippen MR) is 55.9 cm³/mol. The van der Waals surface area contributed by atoms with E-state index in [1.54, 1.807) is 0 Å². The largest absolute Gasteiger partial charge is 0.465 e. The number of hydrogen-bond donors (Lipinski definition) is 0. The van der Waals surface area contributed by atoms with Gasteiger partial charge in [0.1, 0.15) is 0 Å². The molecule has 0 aromatic heterocycles. The third-order valence-corrected chi connectivity index (χ3v) is 2.13. The van der Waals surface area contributed by atoms with E-state index in [1.165, 1.54) is 12.1 Å². The zero-order valence-electron chi connectivity index (χ0n) is 9.13. The Kier molecular flexibility index (Phi) is 4.89. The highest BCUT2D eigenvalue weighted by atomic mass is 19.2. The van der Waals surface area contributed by atoms with Crippen LogP contribution in [0.4, 0.5) is 8.78 Å². The molecule has 0 saturated carbocycles. The summed E-state index contributed by atoms with van der Waals surface area (Å²) in [6, 6.07) is 3.76. The third-order valence-electron chi connectivity index (χ3n) is 2.13. The second-order valence-electron chi connectivity index (χ2n) is 3.46. The minimum Gasteiger partial charge on any atom is -0.465 e. The van der Waals surface area contributed by atoms with Gasteiger partial charge in [0.2, 0.25) is 0 Å². The fourth-order valence-electron chi connectivity index (χ4n) is 1.22. The van der Waals surface area contributed by atoms with Crippen molar-refractivity contribution < 1.29 is 18.3 Å². The van der Waals surface area contributed by atoms with Crippen molar-refractivity contribution in [3.63, 3.8) is 0 Å². The van der Waals surface area contributed by atoms with Crippen LogP contribution in [0, 0.1) is 11.6 Å². The second-order valence-corrected chi connectivity index (χ2v) is 3.46. The normalized spacial score (nSPS) is 10.2. The Balaban J connectivity index is 2.53. The molecule has 1 aromatic rings. The fourth-order valence-corrected chi connectivity index (χ4v) is 1.22. The Bertz CT molecular complexity index is 364. The molecule has 0 saturated heterocycles. The lowest BCUT2D eigenvalue weighted by Crippen LogP contribution is -2.10. The lowest BCUT2D eigenvalue weighted by Gasteiger charge is -2.05. The molecule has 0 amide bonds. The van der Waals surface area contributed by atoms with Crippen LogP contribution in [-0.2, 0) is 16.0 Å². The molecular weight excluding hydrogens is 214 g/mol. The number of benzene rings is 1. The first-order valence-corrected chi connectivity index (χ1v) is 5.23. The van der Waals surface area contributed by atoms with Crippen molar-refractivity contribution in [3.8, 4) is 0 Å². The van der Waals surface area contributed by atoms with Gasteiger partial charge in [0.15, 0.2) is 11.6 Å². The van der Waals surface area contributed by atoms with Crippen LogP contribution in [0.1, 0.15) is 25.3 Å². The molecule has 0 unspecified atom stereocenters. The zero-order chi connectivity index (χ0) is 12.0. The van der Waals surface area contributed by atoms with Crippen molar-refractivity contribution in [1.82, 2.24) is 0 Å². The quantitative estimate of drug-likeness (QED) is 0.572. The van der Waals surface area contributed by atoms with Crippen LogP contribution in [0.25, 0.3) is 0 Å². The average Bonchev–Trinajstić information content (AvgIpc) is 2.25. The van der Waals surface area contributed by atoms with Gasteiger partial charge in [-0.05, 0) is 12.5 Å². The molecule has 0 radical (unpaired) electrons. The lowest BCUT2D eigenvalue weighted by molar-refractivity contribution is -0.143. The van der Waals surface area contributed by atoms with Crippen LogP contribution in [0.15, 0.2) is 18.2 Å². The van der Waals surface area contributed by atoms with E-state index in [2.05, 4.69) is 0 Å². The molecule has 0 aliphatic carbocycles. The Morgan fingerprint density at radius 3 is 2.81 bits per heavy atom. The number of ether oxygens (including phenoxy) is 1. The summed E-state index contributed by atoms with van der Waals surface area (Å²) in [7, 11) is 0. The van der Waals surface area contributed by atoms with Crippen LogP contribution < -0.4 is 0 Å². The molecule has 0 bridgehead atoms. The average molecular weight is 228 g/mol. The monoisotopic (exact) mass is 228 g/mol. The standard InChI is InChI=1S/C12H14F2O2/c1-2-3-7-16-11(15)8-9-5-4-6-10(13)12(9)14/h4-6H,2-3,7-8H2,1H3.